The maximum Gasteiger partial charge on any atom is -1.00 e. The fourth-order valence-corrected chi connectivity index (χ4v) is 13.8. The number of hydrogen-bond acceptors (Lipinski definition) is 1. The average molecular weight is 497 g/mol. The van der Waals surface area contributed by atoms with Gasteiger partial charge >= 0.3 is 178 Å². The van der Waals surface area contributed by atoms with Crippen molar-refractivity contribution >= 4 is 18.6 Å². The van der Waals surface area contributed by atoms with Gasteiger partial charge in [0, 0.05) is 0 Å². The zero-order valence-electron chi connectivity index (χ0n) is 18.7. The molecule has 1 amide bonds. The van der Waals surface area contributed by atoms with Crippen molar-refractivity contribution < 1.29 is 47.0 Å². The van der Waals surface area contributed by atoms with E-state index in [1.54, 1.807) is 0 Å². The van der Waals surface area contributed by atoms with E-state index < -0.39 is 24.0 Å². The quantitative estimate of drug-likeness (QED) is 0.558. The van der Waals surface area contributed by atoms with Crippen LogP contribution >= 0.6 is 0 Å². The number of fused-ring (bicyclic) bond motifs is 1. The van der Waals surface area contributed by atoms with Gasteiger partial charge in [0.2, 0.25) is 0 Å². The van der Waals surface area contributed by atoms with E-state index in [1.807, 2.05) is 0 Å². The number of rotatable bonds is 6. The van der Waals surface area contributed by atoms with E-state index in [0.717, 1.165) is 5.56 Å². The van der Waals surface area contributed by atoms with Gasteiger partial charge in [-0.2, -0.15) is 0 Å². The van der Waals surface area contributed by atoms with Crippen molar-refractivity contribution in [2.45, 2.75) is 56.8 Å². The molecule has 2 aromatic rings. The number of amides is 1. The molecule has 0 saturated heterocycles. The van der Waals surface area contributed by atoms with Crippen LogP contribution in [0.3, 0.4) is 0 Å². The maximum absolute atomic E-state index is 13.6. The van der Waals surface area contributed by atoms with E-state index in [1.165, 1.54) is 22.3 Å². The molecule has 30 heavy (non-hydrogen) atoms. The Labute approximate surface area is 201 Å². The number of hydrogen-bond donors (Lipinski definition) is 1. The van der Waals surface area contributed by atoms with E-state index in [9.17, 15) is 4.79 Å². The SMILES string of the molecule is CC(C)c1cccc(C(C)C)c1C(=O)[NH][Ti+2]([CH]1C=Cc2ccccc21)[SiH](C)C.[Cl-].[Cl-]. The number of carbonyl (C=O) groups excluding carboxylic acids is 1. The summed E-state index contributed by atoms with van der Waals surface area (Å²) < 4.78 is 4.09. The molecule has 2 aromatic carbocycles. The Bertz CT molecular complexity index is 872. The molecule has 1 unspecified atom stereocenters. The molecule has 161 valence electrons. The van der Waals surface area contributed by atoms with Gasteiger partial charge in [0.05, 0.1) is 0 Å². The fraction of sp³-hybridized carbons (Fsp3) is 0.375. The minimum absolute atomic E-state index is 0. The third-order valence-electron chi connectivity index (χ3n) is 5.61. The Kier molecular flexibility index (Phi) is 10.6. The van der Waals surface area contributed by atoms with Gasteiger partial charge in [0.1, 0.15) is 0 Å². The standard InChI is InChI=1S/C13H19NO.C9H7.C2H7Si.2ClH.Ti/c1-8(2)10-6-5-7-11(9(3)4)12(10)13(14)15;1-2-5-9-7-3-6-8(9)4-1;1-3-2;;;/h5-9H,1-4H3,(H2,14,15);1-7H;3H,1-2H3;2*1H;/q;;;;;+3/p-3. The summed E-state index contributed by atoms with van der Waals surface area (Å²) in [5, 5.41) is 0. The summed E-state index contributed by atoms with van der Waals surface area (Å²) in [5.41, 5.74) is 6.03. The molecular formula is C24H32Cl2NOSiTi. The molecule has 0 spiro atoms. The van der Waals surface area contributed by atoms with Crippen molar-refractivity contribution in [2.24, 2.45) is 0 Å². The van der Waals surface area contributed by atoms with Crippen molar-refractivity contribution in [1.29, 1.82) is 0 Å². The number of carbonyl (C=O) groups is 1. The van der Waals surface area contributed by atoms with E-state index in [0.29, 0.717) is 16.1 Å². The first kappa shape index (κ1) is 27.2. The molecule has 1 aliphatic carbocycles. The fourth-order valence-electron chi connectivity index (χ4n) is 4.11. The Morgan fingerprint density at radius 1 is 0.933 bits per heavy atom. The predicted octanol–water partition coefficient (Wildman–Crippen LogP) is -0.0441. The monoisotopic (exact) mass is 496 g/mol. The van der Waals surface area contributed by atoms with Gasteiger partial charge in [-0.1, -0.05) is 0 Å². The van der Waals surface area contributed by atoms with Gasteiger partial charge in [0.25, 0.3) is 0 Å². The second kappa shape index (κ2) is 11.7. The zero-order valence-corrected chi connectivity index (χ0v) is 22.9. The summed E-state index contributed by atoms with van der Waals surface area (Å²) >= 11 is -1.81. The molecule has 3 rings (SSSR count). The third-order valence-corrected chi connectivity index (χ3v) is 17.4. The molecule has 1 aliphatic rings. The molecule has 1 atom stereocenters. The first-order valence-electron chi connectivity index (χ1n) is 10.4. The van der Waals surface area contributed by atoms with Crippen LogP contribution in [-0.4, -0.2) is 12.6 Å². The van der Waals surface area contributed by atoms with Crippen molar-refractivity contribution in [2.75, 3.05) is 0 Å². The molecule has 2 nitrogen and oxygen atoms in total. The first-order chi connectivity index (χ1) is 13.3. The van der Waals surface area contributed by atoms with Crippen molar-refractivity contribution in [1.82, 2.24) is 3.80 Å². The Hall–Kier alpha value is -0.839. The normalized spacial score (nSPS) is 14.4. The molecule has 0 fully saturated rings. The molecule has 0 radical (unpaired) electrons. The Morgan fingerprint density at radius 3 is 2.03 bits per heavy atom. The summed E-state index contributed by atoms with van der Waals surface area (Å²) in [5.74, 6) is 0.847. The molecule has 0 saturated carbocycles. The molecule has 6 heteroatoms. The third kappa shape index (κ3) is 5.69. The molecular weight excluding hydrogens is 465 g/mol. The summed E-state index contributed by atoms with van der Waals surface area (Å²) in [6.07, 6.45) is 4.60. The Balaban J connectivity index is 0.00000225. The van der Waals surface area contributed by atoms with Crippen molar-refractivity contribution in [3.8, 4) is 0 Å². The number of nitrogens with one attached hydrogen (secondary N) is 1. The summed E-state index contributed by atoms with van der Waals surface area (Å²) in [6, 6.07) is 15.0. The topological polar surface area (TPSA) is 29.1 Å². The van der Waals surface area contributed by atoms with Crippen LogP contribution in [0.15, 0.2) is 48.5 Å². The minimum Gasteiger partial charge on any atom is -1.00 e. The van der Waals surface area contributed by atoms with Crippen molar-refractivity contribution in [3.63, 3.8) is 0 Å². The van der Waals surface area contributed by atoms with Gasteiger partial charge in [-0.15, -0.1) is 0 Å². The average Bonchev–Trinajstić information content (AvgIpc) is 3.08. The van der Waals surface area contributed by atoms with Gasteiger partial charge < -0.3 is 24.8 Å². The van der Waals surface area contributed by atoms with Gasteiger partial charge in [-0.3, -0.25) is 0 Å². The van der Waals surface area contributed by atoms with E-state index in [-0.39, 0.29) is 30.7 Å². The maximum atomic E-state index is 13.6. The molecule has 0 heterocycles. The second-order valence-corrected chi connectivity index (χ2v) is 21.7. The molecule has 0 bridgehead atoms. The largest absolute Gasteiger partial charge is 1.00 e. The van der Waals surface area contributed by atoms with Gasteiger partial charge in [0.15, 0.2) is 0 Å². The van der Waals surface area contributed by atoms with Crippen LogP contribution in [0.25, 0.3) is 6.08 Å². The van der Waals surface area contributed by atoms with Crippen molar-refractivity contribution in [3.05, 3.63) is 76.4 Å². The van der Waals surface area contributed by atoms with Gasteiger partial charge in [-0.25, -0.2) is 0 Å². The summed E-state index contributed by atoms with van der Waals surface area (Å²) in [4.78, 5) is 13.6. The predicted molar refractivity (Wildman–Crippen MR) is 119 cm³/mol. The first-order valence-corrected chi connectivity index (χ1v) is 17.7. The van der Waals surface area contributed by atoms with Crippen LogP contribution in [0.2, 0.25) is 13.1 Å². The summed E-state index contributed by atoms with van der Waals surface area (Å²) in [6.45, 7) is 12.6. The van der Waals surface area contributed by atoms with Crippen LogP contribution in [-0.2, 0) is 17.4 Å². The second-order valence-electron chi connectivity index (χ2n) is 8.65. The molecule has 1 N–H and O–H groups in total. The summed E-state index contributed by atoms with van der Waals surface area (Å²) in [7, 11) is 0. The zero-order chi connectivity index (χ0) is 20.4. The van der Waals surface area contributed by atoms with Gasteiger partial charge in [-0.05, 0) is 0 Å². The van der Waals surface area contributed by atoms with E-state index >= 15 is 0 Å². The molecule has 0 aliphatic heterocycles. The van der Waals surface area contributed by atoms with Crippen LogP contribution in [0.1, 0.15) is 76.4 Å². The van der Waals surface area contributed by atoms with Crippen LogP contribution in [0.5, 0.6) is 0 Å². The van der Waals surface area contributed by atoms with Crippen LogP contribution < -0.4 is 28.6 Å². The number of benzene rings is 2. The van der Waals surface area contributed by atoms with Crippen LogP contribution in [0.4, 0.5) is 0 Å². The number of allylic oxidation sites excluding steroid dienone is 1. The minimum atomic E-state index is -1.81. The van der Waals surface area contributed by atoms with E-state index in [4.69, 9.17) is 0 Å². The molecule has 0 aromatic heterocycles. The smallest absolute Gasteiger partial charge is 1.00 e. The Morgan fingerprint density at radius 2 is 1.50 bits per heavy atom. The van der Waals surface area contributed by atoms with Crippen LogP contribution in [0, 0.1) is 0 Å². The number of halogens is 2. The van der Waals surface area contributed by atoms with E-state index in [2.05, 4.69) is 99.2 Å².